The summed E-state index contributed by atoms with van der Waals surface area (Å²) in [4.78, 5) is 28.6. The third-order valence-corrected chi connectivity index (χ3v) is 7.98. The van der Waals surface area contributed by atoms with E-state index >= 15 is 0 Å². The van der Waals surface area contributed by atoms with E-state index in [1.807, 2.05) is 71.6 Å². The first kappa shape index (κ1) is 27.2. The lowest BCUT2D eigenvalue weighted by molar-refractivity contribution is 0.0954. The van der Waals surface area contributed by atoms with Crippen molar-refractivity contribution in [3.8, 4) is 0 Å². The summed E-state index contributed by atoms with van der Waals surface area (Å²) < 4.78 is 0. The van der Waals surface area contributed by atoms with Crippen LogP contribution >= 0.6 is 0 Å². The maximum absolute atomic E-state index is 13.5. The minimum absolute atomic E-state index is 0.00291. The zero-order chi connectivity index (χ0) is 28.5. The van der Waals surface area contributed by atoms with Crippen molar-refractivity contribution in [2.45, 2.75) is 6.10 Å². The zero-order valence-corrected chi connectivity index (χ0v) is 22.6. The molecule has 0 fully saturated rings. The molecule has 0 aromatic heterocycles. The third-order valence-electron chi connectivity index (χ3n) is 7.98. The predicted octanol–water partition coefficient (Wildman–Crippen LogP) is 3.76. The van der Waals surface area contributed by atoms with Gasteiger partial charge in [-0.05, 0) is 39.6 Å². The number of carbonyl (C=O) groups is 2. The second kappa shape index (κ2) is 11.5. The fourth-order valence-corrected chi connectivity index (χ4v) is 6.10. The van der Waals surface area contributed by atoms with Crippen LogP contribution in [0.5, 0.6) is 0 Å². The van der Waals surface area contributed by atoms with Crippen molar-refractivity contribution < 1.29 is 24.9 Å². The van der Waals surface area contributed by atoms with Crippen LogP contribution in [0.25, 0.3) is 33.7 Å². The van der Waals surface area contributed by atoms with E-state index in [9.17, 15) is 19.8 Å². The second-order valence-corrected chi connectivity index (χ2v) is 10.6. The summed E-state index contributed by atoms with van der Waals surface area (Å²) >= 11 is 0. The SMILES string of the molecule is O=C1C(CN(CCO)CC(O)c2ccc3c4c(cccc24)C=C(CNCCO)C3=O)=Cc2cccc3cccc1c23. The maximum atomic E-state index is 13.5. The van der Waals surface area contributed by atoms with Crippen LogP contribution in [0.3, 0.4) is 0 Å². The number of Topliss-reactive ketones (excluding diaryl/α,β-unsaturated/α-hetero) is 2. The topological polar surface area (TPSA) is 110 Å². The molecule has 0 aliphatic heterocycles. The summed E-state index contributed by atoms with van der Waals surface area (Å²) in [6, 6.07) is 21.1. The maximum Gasteiger partial charge on any atom is 0.190 e. The molecule has 1 atom stereocenters. The Kier molecular flexibility index (Phi) is 7.62. The van der Waals surface area contributed by atoms with Crippen LogP contribution in [-0.4, -0.2) is 77.7 Å². The minimum Gasteiger partial charge on any atom is -0.395 e. The highest BCUT2D eigenvalue weighted by atomic mass is 16.3. The number of hydrogen-bond acceptors (Lipinski definition) is 7. The van der Waals surface area contributed by atoms with Gasteiger partial charge in [-0.2, -0.15) is 0 Å². The predicted molar refractivity (Wildman–Crippen MR) is 161 cm³/mol. The lowest BCUT2D eigenvalue weighted by Crippen LogP contribution is -2.35. The molecule has 7 nitrogen and oxygen atoms in total. The van der Waals surface area contributed by atoms with Gasteiger partial charge in [0.1, 0.15) is 0 Å². The quantitative estimate of drug-likeness (QED) is 0.211. The fourth-order valence-electron chi connectivity index (χ4n) is 6.10. The Morgan fingerprint density at radius 1 is 0.756 bits per heavy atom. The first-order valence-corrected chi connectivity index (χ1v) is 13.9. The molecular weight excluding hydrogens is 516 g/mol. The van der Waals surface area contributed by atoms with E-state index in [2.05, 4.69) is 5.32 Å². The number of carbonyl (C=O) groups excluding carboxylic acids is 2. The lowest BCUT2D eigenvalue weighted by Gasteiger charge is -2.28. The summed E-state index contributed by atoms with van der Waals surface area (Å²) in [7, 11) is 0. The summed E-state index contributed by atoms with van der Waals surface area (Å²) in [5.41, 5.74) is 5.10. The average Bonchev–Trinajstić information content (AvgIpc) is 2.98. The van der Waals surface area contributed by atoms with Crippen LogP contribution < -0.4 is 5.32 Å². The van der Waals surface area contributed by atoms with Crippen molar-refractivity contribution in [2.75, 3.05) is 45.9 Å². The van der Waals surface area contributed by atoms with E-state index in [0.717, 1.165) is 32.7 Å². The van der Waals surface area contributed by atoms with Crippen molar-refractivity contribution >= 4 is 45.3 Å². The van der Waals surface area contributed by atoms with Crippen molar-refractivity contribution in [2.24, 2.45) is 0 Å². The van der Waals surface area contributed by atoms with Gasteiger partial charge in [-0.3, -0.25) is 14.5 Å². The van der Waals surface area contributed by atoms with Crippen molar-refractivity contribution in [3.05, 3.63) is 106 Å². The van der Waals surface area contributed by atoms with Gasteiger partial charge < -0.3 is 20.6 Å². The normalized spacial score (nSPS) is 15.0. The van der Waals surface area contributed by atoms with Gasteiger partial charge in [-0.15, -0.1) is 0 Å². The monoisotopic (exact) mass is 548 g/mol. The van der Waals surface area contributed by atoms with E-state index in [-0.39, 0.29) is 37.9 Å². The van der Waals surface area contributed by atoms with Crippen LogP contribution in [0.15, 0.2) is 77.9 Å². The Hall–Kier alpha value is -3.98. The molecule has 4 aromatic carbocycles. The summed E-state index contributed by atoms with van der Waals surface area (Å²) in [5.74, 6) is -0.108. The van der Waals surface area contributed by atoms with Crippen LogP contribution in [0.4, 0.5) is 0 Å². The number of aliphatic hydroxyl groups is 3. The smallest absolute Gasteiger partial charge is 0.190 e. The Morgan fingerprint density at radius 2 is 1.44 bits per heavy atom. The molecular formula is C34H32N2O5. The van der Waals surface area contributed by atoms with Gasteiger partial charge in [0.05, 0.1) is 19.3 Å². The fraction of sp³-hybridized carbons (Fsp3) is 0.235. The van der Waals surface area contributed by atoms with Gasteiger partial charge in [-0.25, -0.2) is 0 Å². The van der Waals surface area contributed by atoms with E-state index < -0.39 is 6.10 Å². The molecule has 208 valence electrons. The molecule has 7 heteroatoms. The molecule has 0 saturated heterocycles. The van der Waals surface area contributed by atoms with Crippen molar-refractivity contribution in [1.82, 2.24) is 10.2 Å². The van der Waals surface area contributed by atoms with E-state index in [0.29, 0.717) is 47.5 Å². The first-order chi connectivity index (χ1) is 20.0. The van der Waals surface area contributed by atoms with Gasteiger partial charge >= 0.3 is 0 Å². The highest BCUT2D eigenvalue weighted by molar-refractivity contribution is 6.24. The number of nitrogens with one attached hydrogen (secondary N) is 1. The van der Waals surface area contributed by atoms with Crippen molar-refractivity contribution in [1.29, 1.82) is 0 Å². The molecule has 0 heterocycles. The van der Waals surface area contributed by atoms with Crippen LogP contribution in [-0.2, 0) is 0 Å². The average molecular weight is 549 g/mol. The van der Waals surface area contributed by atoms with Crippen molar-refractivity contribution in [3.63, 3.8) is 0 Å². The molecule has 4 aromatic rings. The van der Waals surface area contributed by atoms with E-state index in [1.54, 1.807) is 12.1 Å². The summed E-state index contributed by atoms with van der Waals surface area (Å²) in [6.45, 7) is 1.43. The number of nitrogens with zero attached hydrogens (tertiary/aromatic N) is 1. The second-order valence-electron chi connectivity index (χ2n) is 10.6. The lowest BCUT2D eigenvalue weighted by atomic mass is 9.85. The molecule has 4 N–H and O–H groups in total. The van der Waals surface area contributed by atoms with E-state index in [1.165, 1.54) is 0 Å². The molecule has 2 aliphatic rings. The van der Waals surface area contributed by atoms with Gasteiger partial charge in [-0.1, -0.05) is 66.7 Å². The molecule has 41 heavy (non-hydrogen) atoms. The summed E-state index contributed by atoms with van der Waals surface area (Å²) in [5, 5.41) is 37.0. The molecule has 0 saturated carbocycles. The Morgan fingerprint density at radius 3 is 2.22 bits per heavy atom. The number of benzene rings is 4. The number of hydrogen-bond donors (Lipinski definition) is 4. The minimum atomic E-state index is -0.910. The zero-order valence-electron chi connectivity index (χ0n) is 22.6. The van der Waals surface area contributed by atoms with Crippen LogP contribution in [0.2, 0.25) is 0 Å². The standard InChI is InChI=1S/C34H32N2O5/c37-14-12-35-18-24-16-23-7-3-8-27-26(10-11-29(32(23)27)33(24)40)30(39)20-36(13-15-38)19-25-17-22-6-1-4-21-5-2-9-28(31(21)22)34(25)41/h1-11,16-17,30,35,37-39H,12-15,18-20H2. The Labute approximate surface area is 238 Å². The number of ketones is 2. The molecule has 0 spiro atoms. The molecule has 0 amide bonds. The molecule has 0 bridgehead atoms. The number of rotatable bonds is 11. The van der Waals surface area contributed by atoms with Gasteiger partial charge in [0.25, 0.3) is 0 Å². The molecule has 6 rings (SSSR count). The molecule has 1 unspecified atom stereocenters. The summed E-state index contributed by atoms with van der Waals surface area (Å²) in [6.07, 6.45) is 2.88. The third kappa shape index (κ3) is 5.03. The van der Waals surface area contributed by atoms with Gasteiger partial charge in [0.2, 0.25) is 0 Å². The van der Waals surface area contributed by atoms with Crippen LogP contribution in [0.1, 0.15) is 43.5 Å². The highest BCUT2D eigenvalue weighted by Crippen LogP contribution is 2.36. The Bertz CT molecular complexity index is 1730. The first-order valence-electron chi connectivity index (χ1n) is 13.9. The highest BCUT2D eigenvalue weighted by Gasteiger charge is 2.27. The molecule has 2 aliphatic carbocycles. The van der Waals surface area contributed by atoms with Crippen LogP contribution in [0, 0.1) is 0 Å². The van der Waals surface area contributed by atoms with Gasteiger partial charge in [0, 0.05) is 65.8 Å². The number of aliphatic hydroxyl groups excluding tert-OH is 3. The molecule has 0 radical (unpaired) electrons. The largest absolute Gasteiger partial charge is 0.395 e. The Balaban J connectivity index is 1.28. The van der Waals surface area contributed by atoms with Gasteiger partial charge in [0.15, 0.2) is 11.6 Å². The van der Waals surface area contributed by atoms with E-state index in [4.69, 9.17) is 5.11 Å².